The molecule has 0 fully saturated rings. The highest BCUT2D eigenvalue weighted by molar-refractivity contribution is 5.48. The van der Waals surface area contributed by atoms with Gasteiger partial charge in [0.25, 0.3) is 0 Å². The fourth-order valence-corrected chi connectivity index (χ4v) is 1.83. The van der Waals surface area contributed by atoms with E-state index < -0.39 is 68.8 Å². The van der Waals surface area contributed by atoms with Crippen molar-refractivity contribution in [2.75, 3.05) is 0 Å². The molecule has 26 heavy (non-hydrogen) atoms. The lowest BCUT2D eigenvalue weighted by atomic mass is 10.1. The maximum atomic E-state index is 13.6. The van der Waals surface area contributed by atoms with Gasteiger partial charge < -0.3 is 0 Å². The Morgan fingerprint density at radius 3 is 0.808 bits per heavy atom. The van der Waals surface area contributed by atoms with Gasteiger partial charge in [0.05, 0.1) is 0 Å². The van der Waals surface area contributed by atoms with Crippen molar-refractivity contribution in [2.24, 2.45) is 0 Å². The van der Waals surface area contributed by atoms with Gasteiger partial charge in [0.1, 0.15) is 11.1 Å². The van der Waals surface area contributed by atoms with Crippen LogP contribution in [0.15, 0.2) is 0 Å². The highest BCUT2D eigenvalue weighted by atomic mass is 19.2. The van der Waals surface area contributed by atoms with E-state index >= 15 is 0 Å². The first-order chi connectivity index (χ1) is 12.1. The summed E-state index contributed by atoms with van der Waals surface area (Å²) in [6, 6.07) is 0. The molecule has 0 aromatic heterocycles. The van der Waals surface area contributed by atoms with Crippen molar-refractivity contribution in [1.29, 1.82) is 0 Å². The summed E-state index contributed by atoms with van der Waals surface area (Å²) in [5, 5.41) is 0. The molecule has 0 N–H and O–H groups in total. The first kappa shape index (κ1) is 21.5. The van der Waals surface area contributed by atoms with E-state index in [9.17, 15) is 35.1 Å². The molecule has 0 saturated heterocycles. The fraction of sp³-hybridized carbons (Fsp3) is 0.222. The monoisotopic (exact) mass is 380 g/mol. The smallest absolute Gasteiger partial charge is 0.177 e. The van der Waals surface area contributed by atoms with Gasteiger partial charge in [-0.3, -0.25) is 0 Å². The maximum Gasteiger partial charge on any atom is 0.177 e. The summed E-state index contributed by atoms with van der Waals surface area (Å²) in [5.74, 6) is -11.6. The first-order valence-electron chi connectivity index (χ1n) is 7.26. The van der Waals surface area contributed by atoms with E-state index in [4.69, 9.17) is 0 Å². The van der Waals surface area contributed by atoms with Gasteiger partial charge in [-0.05, 0) is 13.8 Å². The summed E-state index contributed by atoms with van der Waals surface area (Å²) < 4.78 is 108. The van der Waals surface area contributed by atoms with E-state index in [-0.39, 0.29) is 0 Å². The maximum absolute atomic E-state index is 13.6. The molecule has 2 aromatic carbocycles. The predicted octanol–water partition coefficient (Wildman–Crippen LogP) is 5.84. The van der Waals surface area contributed by atoms with Crippen LogP contribution >= 0.6 is 0 Å². The molecule has 0 heterocycles. The van der Waals surface area contributed by atoms with Gasteiger partial charge in [0.2, 0.25) is 0 Å². The Labute approximate surface area is 144 Å². The lowest BCUT2D eigenvalue weighted by molar-refractivity contribution is 0.440. The van der Waals surface area contributed by atoms with Crippen LogP contribution in [0.5, 0.6) is 0 Å². The minimum Gasteiger partial charge on any atom is -0.203 e. The lowest BCUT2D eigenvalue weighted by Gasteiger charge is -2.06. The first-order valence-corrected chi connectivity index (χ1v) is 7.26. The van der Waals surface area contributed by atoms with Crippen molar-refractivity contribution in [3.63, 3.8) is 0 Å². The molecule has 0 aliphatic heterocycles. The third-order valence-corrected chi connectivity index (χ3v) is 3.28. The summed E-state index contributed by atoms with van der Waals surface area (Å²) in [6.45, 7) is 5.52. The molecule has 0 radical (unpaired) electrons. The molecule has 0 atom stereocenters. The minimum atomic E-state index is -1.90. The molecule has 0 spiro atoms. The number of halogens is 8. The summed E-state index contributed by atoms with van der Waals surface area (Å²) in [6.07, 6.45) is 0. The van der Waals surface area contributed by atoms with Crippen molar-refractivity contribution in [1.82, 2.24) is 0 Å². The van der Waals surface area contributed by atoms with Crippen LogP contribution in [-0.4, -0.2) is 0 Å². The van der Waals surface area contributed by atoms with Crippen LogP contribution in [0.2, 0.25) is 0 Å². The zero-order valence-electron chi connectivity index (χ0n) is 14.0. The lowest BCUT2D eigenvalue weighted by Crippen LogP contribution is -2.05. The fourth-order valence-electron chi connectivity index (χ4n) is 1.83. The van der Waals surface area contributed by atoms with Crippen LogP contribution in [0, 0.1) is 72.2 Å². The Kier molecular flexibility index (Phi) is 6.79. The van der Waals surface area contributed by atoms with Gasteiger partial charge in [-0.1, -0.05) is 25.7 Å². The Morgan fingerprint density at radius 1 is 0.423 bits per heavy atom. The molecule has 0 amide bonds. The SMILES string of the molecule is CC.Cc1c(F)c(F)c(C#Cc2c(F)c(F)c(C)c(F)c2F)c(F)c1F. The van der Waals surface area contributed by atoms with Crippen LogP contribution in [0.1, 0.15) is 36.1 Å². The number of hydrogen-bond acceptors (Lipinski definition) is 0. The van der Waals surface area contributed by atoms with Crippen molar-refractivity contribution in [2.45, 2.75) is 27.7 Å². The van der Waals surface area contributed by atoms with Gasteiger partial charge in [-0.15, -0.1) is 0 Å². The van der Waals surface area contributed by atoms with Gasteiger partial charge in [-0.25, -0.2) is 35.1 Å². The number of rotatable bonds is 0. The molecular weight excluding hydrogens is 368 g/mol. The van der Waals surface area contributed by atoms with Crippen molar-refractivity contribution >= 4 is 0 Å². The molecule has 140 valence electrons. The predicted molar refractivity (Wildman–Crippen MR) is 79.4 cm³/mol. The largest absolute Gasteiger partial charge is 0.203 e. The highest BCUT2D eigenvalue weighted by Gasteiger charge is 2.24. The van der Waals surface area contributed by atoms with E-state index in [1.54, 1.807) is 0 Å². The number of hydrogen-bond donors (Lipinski definition) is 0. The Bertz CT molecular complexity index is 788. The quantitative estimate of drug-likeness (QED) is 0.306. The van der Waals surface area contributed by atoms with Crippen LogP contribution < -0.4 is 0 Å². The van der Waals surface area contributed by atoms with Crippen LogP contribution in [0.25, 0.3) is 0 Å². The van der Waals surface area contributed by atoms with Gasteiger partial charge in [-0.2, -0.15) is 0 Å². The van der Waals surface area contributed by atoms with E-state index in [0.717, 1.165) is 13.8 Å². The normalized spacial score (nSPS) is 10.0. The third-order valence-electron chi connectivity index (χ3n) is 3.28. The van der Waals surface area contributed by atoms with E-state index in [2.05, 4.69) is 0 Å². The standard InChI is InChI=1S/C16H6F8.C2H6/c1-5-9(17)13(21)7(14(22)10(5)18)3-4-8-15(23)11(19)6(2)12(20)16(8)24;1-2/h1-2H3;1-2H3. The summed E-state index contributed by atoms with van der Waals surface area (Å²) >= 11 is 0. The van der Waals surface area contributed by atoms with Crippen molar-refractivity contribution in [3.8, 4) is 11.8 Å². The molecule has 0 bridgehead atoms. The van der Waals surface area contributed by atoms with E-state index in [1.807, 2.05) is 13.8 Å². The van der Waals surface area contributed by atoms with Gasteiger partial charge in [0, 0.05) is 11.1 Å². The molecular formula is C18H12F8. The molecule has 0 unspecified atom stereocenters. The molecule has 8 heteroatoms. The summed E-state index contributed by atoms with van der Waals surface area (Å²) in [4.78, 5) is 0. The van der Waals surface area contributed by atoms with Gasteiger partial charge >= 0.3 is 0 Å². The molecule has 0 saturated carbocycles. The summed E-state index contributed by atoms with van der Waals surface area (Å²) in [7, 11) is 0. The van der Waals surface area contributed by atoms with E-state index in [0.29, 0.717) is 0 Å². The van der Waals surface area contributed by atoms with Crippen LogP contribution in [0.4, 0.5) is 35.1 Å². The zero-order chi connectivity index (χ0) is 20.3. The van der Waals surface area contributed by atoms with Gasteiger partial charge in [0.15, 0.2) is 46.5 Å². The zero-order valence-corrected chi connectivity index (χ0v) is 14.0. The molecule has 0 nitrogen and oxygen atoms in total. The van der Waals surface area contributed by atoms with Crippen LogP contribution in [-0.2, 0) is 0 Å². The Balaban J connectivity index is 0.00000163. The molecule has 2 aromatic rings. The minimum absolute atomic E-state index is 0.762. The highest BCUT2D eigenvalue weighted by Crippen LogP contribution is 2.25. The second kappa shape index (κ2) is 8.21. The molecule has 2 rings (SSSR count). The van der Waals surface area contributed by atoms with Crippen molar-refractivity contribution in [3.05, 3.63) is 68.8 Å². The molecule has 0 aliphatic rings. The second-order valence-corrected chi connectivity index (χ2v) is 4.76. The summed E-state index contributed by atoms with van der Waals surface area (Å²) in [5.41, 5.74) is -4.84. The van der Waals surface area contributed by atoms with Crippen LogP contribution in [0.3, 0.4) is 0 Å². The van der Waals surface area contributed by atoms with E-state index in [1.165, 1.54) is 11.8 Å². The van der Waals surface area contributed by atoms with Crippen molar-refractivity contribution < 1.29 is 35.1 Å². The average Bonchev–Trinajstić information content (AvgIpc) is 2.65. The second-order valence-electron chi connectivity index (χ2n) is 4.76. The Hall–Kier alpha value is -2.56. The average molecular weight is 380 g/mol. The molecule has 0 aliphatic carbocycles. The third kappa shape index (κ3) is 3.52. The number of benzene rings is 2. The Morgan fingerprint density at radius 2 is 0.615 bits per heavy atom. The topological polar surface area (TPSA) is 0 Å².